The van der Waals surface area contributed by atoms with Crippen LogP contribution in [0.25, 0.3) is 0 Å². The molecule has 0 amide bonds. The fourth-order valence-electron chi connectivity index (χ4n) is 1.57. The minimum absolute atomic E-state index is 0.0966. The topological polar surface area (TPSA) is 18.5 Å². The smallest absolute Gasteiger partial charge is 0.0826 e. The third-order valence-electron chi connectivity index (χ3n) is 2.59. The number of rotatable bonds is 3. The summed E-state index contributed by atoms with van der Waals surface area (Å²) in [5.74, 6) is 0. The summed E-state index contributed by atoms with van der Waals surface area (Å²) in [6.45, 7) is 1.72. The highest BCUT2D eigenvalue weighted by molar-refractivity contribution is 9.09. The summed E-state index contributed by atoms with van der Waals surface area (Å²) in [5, 5.41) is 0.958. The molecule has 70 valence electrons. The predicted octanol–water partition coefficient (Wildman–Crippen LogP) is 2.11. The normalized spacial score (nSPS) is 28.8. The van der Waals surface area contributed by atoms with E-state index in [4.69, 9.17) is 9.47 Å². The lowest BCUT2D eigenvalue weighted by Crippen LogP contribution is -2.41. The van der Waals surface area contributed by atoms with E-state index in [1.165, 1.54) is 12.8 Å². The molecule has 2 nitrogen and oxygen atoms in total. The maximum Gasteiger partial charge on any atom is 0.0826 e. The highest BCUT2D eigenvalue weighted by atomic mass is 79.9. The number of halogens is 1. The molecule has 0 N–H and O–H groups in total. The largest absolute Gasteiger partial charge is 0.381 e. The molecular weight excluding hydrogens is 220 g/mol. The predicted molar refractivity (Wildman–Crippen MR) is 50.7 cm³/mol. The molecule has 0 spiro atoms. The summed E-state index contributed by atoms with van der Waals surface area (Å²) in [7, 11) is 0. The van der Waals surface area contributed by atoms with Crippen molar-refractivity contribution in [2.75, 3.05) is 18.5 Å². The van der Waals surface area contributed by atoms with Crippen molar-refractivity contribution in [3.63, 3.8) is 0 Å². The summed E-state index contributed by atoms with van der Waals surface area (Å²) in [5.41, 5.74) is 0.0966. The van der Waals surface area contributed by atoms with Crippen molar-refractivity contribution in [3.8, 4) is 0 Å². The second kappa shape index (κ2) is 3.64. The van der Waals surface area contributed by atoms with Gasteiger partial charge in [0.1, 0.15) is 0 Å². The maximum absolute atomic E-state index is 6.01. The fraction of sp³-hybridized carbons (Fsp3) is 1.00. The zero-order valence-corrected chi connectivity index (χ0v) is 8.81. The van der Waals surface area contributed by atoms with Gasteiger partial charge in [-0.05, 0) is 12.8 Å². The molecule has 0 aromatic heterocycles. The lowest BCUT2D eigenvalue weighted by atomic mass is 9.97. The van der Waals surface area contributed by atoms with E-state index in [1.807, 2.05) is 0 Å². The van der Waals surface area contributed by atoms with Crippen LogP contribution >= 0.6 is 15.9 Å². The molecule has 1 aliphatic carbocycles. The van der Waals surface area contributed by atoms with Gasteiger partial charge in [0, 0.05) is 31.4 Å². The average molecular weight is 235 g/mol. The van der Waals surface area contributed by atoms with E-state index in [0.717, 1.165) is 31.4 Å². The molecule has 1 saturated carbocycles. The van der Waals surface area contributed by atoms with Gasteiger partial charge in [-0.1, -0.05) is 15.9 Å². The van der Waals surface area contributed by atoms with E-state index in [9.17, 15) is 0 Å². The minimum Gasteiger partial charge on any atom is -0.381 e. The van der Waals surface area contributed by atoms with E-state index < -0.39 is 0 Å². The summed E-state index contributed by atoms with van der Waals surface area (Å²) in [6, 6.07) is 0. The highest BCUT2D eigenvalue weighted by Gasteiger charge is 2.38. The Morgan fingerprint density at radius 1 is 1.33 bits per heavy atom. The Morgan fingerprint density at radius 2 is 2.00 bits per heavy atom. The van der Waals surface area contributed by atoms with Crippen LogP contribution in [0.1, 0.15) is 25.7 Å². The Morgan fingerprint density at radius 3 is 2.50 bits per heavy atom. The Bertz CT molecular complexity index is 151. The molecule has 0 radical (unpaired) electrons. The van der Waals surface area contributed by atoms with Gasteiger partial charge in [0.05, 0.1) is 11.7 Å². The van der Waals surface area contributed by atoms with Crippen molar-refractivity contribution >= 4 is 15.9 Å². The molecule has 0 atom stereocenters. The second-order valence-corrected chi connectivity index (χ2v) is 4.31. The van der Waals surface area contributed by atoms with Crippen LogP contribution in [0.15, 0.2) is 0 Å². The molecule has 12 heavy (non-hydrogen) atoms. The first-order valence-corrected chi connectivity index (χ1v) is 5.78. The molecule has 0 aromatic rings. The first kappa shape index (κ1) is 8.97. The molecule has 1 heterocycles. The minimum atomic E-state index is 0.0966. The van der Waals surface area contributed by atoms with Crippen molar-refractivity contribution in [1.82, 2.24) is 0 Å². The van der Waals surface area contributed by atoms with E-state index >= 15 is 0 Å². The van der Waals surface area contributed by atoms with Crippen molar-refractivity contribution < 1.29 is 9.47 Å². The van der Waals surface area contributed by atoms with Crippen LogP contribution in [-0.2, 0) is 9.47 Å². The number of hydrogen-bond donors (Lipinski definition) is 0. The fourth-order valence-corrected chi connectivity index (χ4v) is 2.26. The van der Waals surface area contributed by atoms with Crippen molar-refractivity contribution in [2.24, 2.45) is 0 Å². The van der Waals surface area contributed by atoms with Crippen molar-refractivity contribution in [1.29, 1.82) is 0 Å². The zero-order chi connectivity index (χ0) is 8.44. The van der Waals surface area contributed by atoms with Gasteiger partial charge in [0.15, 0.2) is 0 Å². The second-order valence-electron chi connectivity index (χ2n) is 3.75. The Labute approximate surface area is 81.7 Å². The van der Waals surface area contributed by atoms with Crippen LogP contribution in [0.3, 0.4) is 0 Å². The van der Waals surface area contributed by atoms with Gasteiger partial charge in [-0.3, -0.25) is 0 Å². The summed E-state index contributed by atoms with van der Waals surface area (Å²) in [4.78, 5) is 0. The maximum atomic E-state index is 6.01. The van der Waals surface area contributed by atoms with E-state index in [2.05, 4.69) is 15.9 Å². The first-order valence-electron chi connectivity index (χ1n) is 4.66. The van der Waals surface area contributed by atoms with E-state index in [1.54, 1.807) is 0 Å². The molecule has 0 bridgehead atoms. The van der Waals surface area contributed by atoms with Gasteiger partial charge in [0.2, 0.25) is 0 Å². The average Bonchev–Trinajstić information content (AvgIpc) is 2.90. The third-order valence-corrected chi connectivity index (χ3v) is 3.61. The quantitative estimate of drug-likeness (QED) is 0.697. The standard InChI is InChI=1S/C9H15BrO2/c10-7-9(12-8-1-2-8)3-5-11-6-4-9/h8H,1-7H2. The molecular formula is C9H15BrO2. The van der Waals surface area contributed by atoms with Crippen molar-refractivity contribution in [3.05, 3.63) is 0 Å². The van der Waals surface area contributed by atoms with Gasteiger partial charge in [0.25, 0.3) is 0 Å². The summed E-state index contributed by atoms with van der Waals surface area (Å²) < 4.78 is 11.3. The number of hydrogen-bond acceptors (Lipinski definition) is 2. The zero-order valence-electron chi connectivity index (χ0n) is 7.22. The van der Waals surface area contributed by atoms with Gasteiger partial charge in [-0.2, -0.15) is 0 Å². The van der Waals surface area contributed by atoms with E-state index in [-0.39, 0.29) is 5.60 Å². The summed E-state index contributed by atoms with van der Waals surface area (Å²) in [6.07, 6.45) is 5.18. The Kier molecular flexibility index (Phi) is 2.72. The third kappa shape index (κ3) is 2.01. The molecule has 2 fully saturated rings. The summed E-state index contributed by atoms with van der Waals surface area (Å²) >= 11 is 3.54. The number of ether oxygens (including phenoxy) is 2. The molecule has 1 aliphatic heterocycles. The monoisotopic (exact) mass is 234 g/mol. The van der Waals surface area contributed by atoms with Crippen LogP contribution in [0.5, 0.6) is 0 Å². The van der Waals surface area contributed by atoms with Crippen molar-refractivity contribution in [2.45, 2.75) is 37.4 Å². The molecule has 0 aromatic carbocycles. The van der Waals surface area contributed by atoms with E-state index in [0.29, 0.717) is 6.10 Å². The lowest BCUT2D eigenvalue weighted by molar-refractivity contribution is -0.103. The highest BCUT2D eigenvalue weighted by Crippen LogP contribution is 2.35. The molecule has 0 unspecified atom stereocenters. The van der Waals surface area contributed by atoms with Gasteiger partial charge >= 0.3 is 0 Å². The first-order chi connectivity index (χ1) is 5.85. The van der Waals surface area contributed by atoms with Gasteiger partial charge in [-0.15, -0.1) is 0 Å². The number of alkyl halides is 1. The lowest BCUT2D eigenvalue weighted by Gasteiger charge is -2.35. The molecule has 2 rings (SSSR count). The molecule has 3 heteroatoms. The van der Waals surface area contributed by atoms with Crippen LogP contribution < -0.4 is 0 Å². The Balaban J connectivity index is 1.90. The van der Waals surface area contributed by atoms with Crippen LogP contribution in [0, 0.1) is 0 Å². The van der Waals surface area contributed by atoms with Crippen LogP contribution in [-0.4, -0.2) is 30.2 Å². The molecule has 2 aliphatic rings. The van der Waals surface area contributed by atoms with Crippen LogP contribution in [0.2, 0.25) is 0 Å². The van der Waals surface area contributed by atoms with Gasteiger partial charge in [-0.25, -0.2) is 0 Å². The SMILES string of the molecule is BrCC1(OC2CC2)CCOCC1. The van der Waals surface area contributed by atoms with Crippen LogP contribution in [0.4, 0.5) is 0 Å². The molecule has 1 saturated heterocycles. The van der Waals surface area contributed by atoms with Gasteiger partial charge < -0.3 is 9.47 Å². The Hall–Kier alpha value is 0.400.